The van der Waals surface area contributed by atoms with E-state index in [9.17, 15) is 22.8 Å². The molecule has 9 heteroatoms. The van der Waals surface area contributed by atoms with E-state index in [1.165, 1.54) is 35.2 Å². The lowest BCUT2D eigenvalue weighted by Crippen LogP contribution is -2.49. The van der Waals surface area contributed by atoms with Crippen LogP contribution in [0.1, 0.15) is 56.5 Å². The molecular formula is C26H31F3N4O2. The Bertz CT molecular complexity index is 1100. The Morgan fingerprint density at radius 2 is 1.91 bits per heavy atom. The average molecular weight is 489 g/mol. The van der Waals surface area contributed by atoms with Gasteiger partial charge in [0.1, 0.15) is 6.04 Å². The van der Waals surface area contributed by atoms with Crippen molar-refractivity contribution in [2.24, 2.45) is 0 Å². The highest BCUT2D eigenvalue weighted by molar-refractivity contribution is 5.87. The molecule has 1 N–H and O–H groups in total. The highest BCUT2D eigenvalue weighted by Crippen LogP contribution is 2.41. The lowest BCUT2D eigenvalue weighted by molar-refractivity contribution is -0.191. The number of nitrogens with zero attached hydrogens (tertiary/aromatic N) is 3. The fourth-order valence-corrected chi connectivity index (χ4v) is 5.42. The lowest BCUT2D eigenvalue weighted by atomic mass is 9.83. The number of amides is 2. The molecule has 3 atom stereocenters. The minimum absolute atomic E-state index is 0.0649. The summed E-state index contributed by atoms with van der Waals surface area (Å²) in [5.74, 6) is -1.04. The topological polar surface area (TPSA) is 65.5 Å². The summed E-state index contributed by atoms with van der Waals surface area (Å²) < 4.78 is 42.3. The number of halogens is 3. The second-order valence-electron chi connectivity index (χ2n) is 10.0. The minimum atomic E-state index is -4.72. The Balaban J connectivity index is 1.53. The largest absolute Gasteiger partial charge is 0.414 e. The number of carbonyl (C=O) groups excluding carboxylic acids is 2. The van der Waals surface area contributed by atoms with Crippen LogP contribution in [-0.4, -0.2) is 58.5 Å². The van der Waals surface area contributed by atoms with Gasteiger partial charge in [-0.1, -0.05) is 38.1 Å². The highest BCUT2D eigenvalue weighted by Gasteiger charge is 2.48. The molecule has 0 saturated carbocycles. The number of hydrogen-bond acceptors (Lipinski definition) is 4. The molecule has 1 aromatic heterocycles. The molecule has 2 heterocycles. The van der Waals surface area contributed by atoms with Gasteiger partial charge in [0.2, 0.25) is 11.8 Å². The van der Waals surface area contributed by atoms with E-state index in [0.29, 0.717) is 30.0 Å². The van der Waals surface area contributed by atoms with E-state index >= 15 is 0 Å². The van der Waals surface area contributed by atoms with Crippen LogP contribution in [0.3, 0.4) is 0 Å². The van der Waals surface area contributed by atoms with Gasteiger partial charge in [-0.2, -0.15) is 13.2 Å². The first-order valence-corrected chi connectivity index (χ1v) is 11.8. The highest BCUT2D eigenvalue weighted by atomic mass is 19.4. The van der Waals surface area contributed by atoms with Crippen molar-refractivity contribution in [1.82, 2.24) is 14.8 Å². The molecule has 35 heavy (non-hydrogen) atoms. The molecule has 2 aromatic rings. The Kier molecular flexibility index (Phi) is 6.55. The van der Waals surface area contributed by atoms with Crippen molar-refractivity contribution in [2.45, 2.75) is 69.8 Å². The molecule has 1 aliphatic carbocycles. The van der Waals surface area contributed by atoms with Crippen LogP contribution in [0, 0.1) is 0 Å². The van der Waals surface area contributed by atoms with Crippen molar-refractivity contribution in [2.75, 3.05) is 18.9 Å². The summed E-state index contributed by atoms with van der Waals surface area (Å²) in [5, 5.41) is 3.43. The molecular weight excluding hydrogens is 457 g/mol. The second-order valence-corrected chi connectivity index (χ2v) is 10.0. The first-order valence-electron chi connectivity index (χ1n) is 11.8. The molecule has 2 aliphatic rings. The van der Waals surface area contributed by atoms with Crippen molar-refractivity contribution in [1.29, 1.82) is 0 Å². The van der Waals surface area contributed by atoms with Crippen molar-refractivity contribution < 1.29 is 22.8 Å². The van der Waals surface area contributed by atoms with E-state index in [4.69, 9.17) is 0 Å². The van der Waals surface area contributed by atoms with Gasteiger partial charge < -0.3 is 15.1 Å². The summed E-state index contributed by atoms with van der Waals surface area (Å²) in [4.78, 5) is 31.0. The van der Waals surface area contributed by atoms with Crippen LogP contribution in [0.5, 0.6) is 0 Å². The fourth-order valence-electron chi connectivity index (χ4n) is 5.42. The molecule has 0 radical (unpaired) electrons. The molecule has 1 aromatic carbocycles. The van der Waals surface area contributed by atoms with E-state index in [1.807, 2.05) is 12.1 Å². The zero-order valence-corrected chi connectivity index (χ0v) is 20.4. The van der Waals surface area contributed by atoms with Crippen LogP contribution in [0.25, 0.3) is 0 Å². The third-order valence-corrected chi connectivity index (χ3v) is 7.40. The van der Waals surface area contributed by atoms with Gasteiger partial charge >= 0.3 is 6.18 Å². The smallest absolute Gasteiger partial charge is 0.380 e. The number of alkyl halides is 3. The van der Waals surface area contributed by atoms with E-state index in [1.54, 1.807) is 6.07 Å². The molecule has 1 saturated heterocycles. The second kappa shape index (κ2) is 9.17. The summed E-state index contributed by atoms with van der Waals surface area (Å²) in [7, 11) is 1.13. The summed E-state index contributed by atoms with van der Waals surface area (Å²) in [6.45, 7) is 5.98. The maximum absolute atomic E-state index is 14.1. The SMILES string of the molecule is CC(=O)N1CCC[C@@H]1C(=O)N(C)[C@@H](c1ccc(N[C@H]2Cc3ccccc3C2(C)C)cn1)C(F)(F)F. The summed E-state index contributed by atoms with van der Waals surface area (Å²) in [6, 6.07) is 8.09. The van der Waals surface area contributed by atoms with E-state index in [-0.39, 0.29) is 23.1 Å². The molecule has 6 nitrogen and oxygen atoms in total. The Labute approximate surface area is 203 Å². The maximum Gasteiger partial charge on any atom is 0.414 e. The standard InChI is InChI=1S/C26H31F3N4O2/c1-16(34)33-13-7-10-21(33)24(35)32(4)23(26(27,28)29)20-12-11-18(15-30-20)31-22-14-17-8-5-6-9-19(17)25(22,2)3/h5-6,8-9,11-12,15,21-23,31H,7,10,13-14H2,1-4H3/t21-,22+,23+/m1/s1. The van der Waals surface area contributed by atoms with Crippen molar-refractivity contribution in [3.63, 3.8) is 0 Å². The van der Waals surface area contributed by atoms with Crippen LogP contribution in [0.15, 0.2) is 42.6 Å². The Hall–Kier alpha value is -3.10. The number of nitrogens with one attached hydrogen (secondary N) is 1. The predicted octanol–water partition coefficient (Wildman–Crippen LogP) is 4.47. The number of likely N-dealkylation sites (N-methyl/N-ethyl adjacent to an activating group) is 1. The molecule has 188 valence electrons. The van der Waals surface area contributed by atoms with Gasteiger partial charge in [-0.05, 0) is 42.5 Å². The molecule has 0 bridgehead atoms. The minimum Gasteiger partial charge on any atom is -0.380 e. The van der Waals surface area contributed by atoms with E-state index in [2.05, 4.69) is 36.3 Å². The van der Waals surface area contributed by atoms with Crippen LogP contribution in [0.4, 0.5) is 18.9 Å². The quantitative estimate of drug-likeness (QED) is 0.675. The summed E-state index contributed by atoms with van der Waals surface area (Å²) >= 11 is 0. The van der Waals surface area contributed by atoms with Crippen molar-refractivity contribution in [3.8, 4) is 0 Å². The summed E-state index contributed by atoms with van der Waals surface area (Å²) in [5.41, 5.74) is 2.71. The van der Waals surface area contributed by atoms with Gasteiger partial charge in [0, 0.05) is 32.0 Å². The van der Waals surface area contributed by atoms with Gasteiger partial charge in [-0.15, -0.1) is 0 Å². The number of fused-ring (bicyclic) bond motifs is 1. The van der Waals surface area contributed by atoms with Crippen LogP contribution in [-0.2, 0) is 21.4 Å². The molecule has 1 aliphatic heterocycles. The molecule has 4 rings (SSSR count). The van der Waals surface area contributed by atoms with Crippen LogP contribution in [0.2, 0.25) is 0 Å². The van der Waals surface area contributed by atoms with E-state index < -0.39 is 24.2 Å². The maximum atomic E-state index is 14.1. The zero-order chi connectivity index (χ0) is 25.5. The lowest BCUT2D eigenvalue weighted by Gasteiger charge is -2.34. The van der Waals surface area contributed by atoms with Gasteiger partial charge in [0.25, 0.3) is 0 Å². The number of rotatable bonds is 5. The molecule has 0 spiro atoms. The number of pyridine rings is 1. The average Bonchev–Trinajstić information content (AvgIpc) is 3.37. The molecule has 2 amide bonds. The Morgan fingerprint density at radius 1 is 1.20 bits per heavy atom. The third kappa shape index (κ3) is 4.73. The normalized spacial score (nSPS) is 22.0. The number of benzene rings is 1. The van der Waals surface area contributed by atoms with Crippen molar-refractivity contribution >= 4 is 17.5 Å². The predicted molar refractivity (Wildman–Crippen MR) is 127 cm³/mol. The van der Waals surface area contributed by atoms with Gasteiger partial charge in [0.05, 0.1) is 17.6 Å². The van der Waals surface area contributed by atoms with Gasteiger partial charge in [0.15, 0.2) is 6.04 Å². The fraction of sp³-hybridized carbons (Fsp3) is 0.500. The summed E-state index contributed by atoms with van der Waals surface area (Å²) in [6.07, 6.45) is -1.59. The first kappa shape index (κ1) is 25.0. The monoisotopic (exact) mass is 488 g/mol. The molecule has 1 fully saturated rings. The number of aromatic nitrogens is 1. The molecule has 0 unspecified atom stereocenters. The number of anilines is 1. The van der Waals surface area contributed by atoms with Crippen LogP contribution < -0.4 is 5.32 Å². The first-order chi connectivity index (χ1) is 16.4. The zero-order valence-electron chi connectivity index (χ0n) is 20.4. The number of likely N-dealkylation sites (tertiary alicyclic amines) is 1. The van der Waals surface area contributed by atoms with Crippen LogP contribution >= 0.6 is 0 Å². The van der Waals surface area contributed by atoms with Gasteiger partial charge in [-0.3, -0.25) is 14.6 Å². The van der Waals surface area contributed by atoms with Gasteiger partial charge in [-0.25, -0.2) is 0 Å². The third-order valence-electron chi connectivity index (χ3n) is 7.40. The van der Waals surface area contributed by atoms with Crippen molar-refractivity contribution in [3.05, 3.63) is 59.4 Å². The number of carbonyl (C=O) groups is 2. The Morgan fingerprint density at radius 3 is 2.51 bits per heavy atom. The van der Waals surface area contributed by atoms with E-state index in [0.717, 1.165) is 13.5 Å². The number of hydrogen-bond donors (Lipinski definition) is 1.